The highest BCUT2D eigenvalue weighted by Gasteiger charge is 2.33. The maximum absolute atomic E-state index is 12.4. The van der Waals surface area contributed by atoms with Crippen LogP contribution in [-0.2, 0) is 9.53 Å². The Bertz CT molecular complexity index is 626. The van der Waals surface area contributed by atoms with Crippen molar-refractivity contribution in [1.82, 2.24) is 0 Å². The van der Waals surface area contributed by atoms with Crippen molar-refractivity contribution < 1.29 is 23.8 Å². The van der Waals surface area contributed by atoms with Crippen molar-refractivity contribution in [3.63, 3.8) is 0 Å². The van der Waals surface area contributed by atoms with E-state index in [1.54, 1.807) is 13.0 Å². The van der Waals surface area contributed by atoms with Gasteiger partial charge in [-0.2, -0.15) is 0 Å². The average molecular weight is 318 g/mol. The Kier molecular flexibility index (Phi) is 5.08. The molecule has 2 rings (SSSR count). The molecule has 1 aliphatic rings. The minimum absolute atomic E-state index is 0.290. The molecule has 0 atom stereocenters. The average Bonchev–Trinajstić information content (AvgIpc) is 2.93. The number of carbonyl (C=O) groups is 2. The molecule has 0 aromatic heterocycles. The van der Waals surface area contributed by atoms with E-state index in [0.717, 1.165) is 25.7 Å². The Hall–Kier alpha value is -2.30. The van der Waals surface area contributed by atoms with Crippen molar-refractivity contribution in [2.24, 2.45) is 0 Å². The predicted molar refractivity (Wildman–Crippen MR) is 85.7 cm³/mol. The number of methoxy groups -OCH3 is 1. The lowest BCUT2D eigenvalue weighted by molar-refractivity contribution is -0.130. The smallest absolute Gasteiger partial charge is 0.342 e. The van der Waals surface area contributed by atoms with Crippen LogP contribution in [0.5, 0.6) is 11.5 Å². The number of benzene rings is 1. The molecule has 5 nitrogen and oxygen atoms in total. The summed E-state index contributed by atoms with van der Waals surface area (Å²) >= 11 is 0. The molecule has 23 heavy (non-hydrogen) atoms. The normalized spacial score (nSPS) is 15.8. The number of hydrogen-bond donors (Lipinski definition) is 0. The van der Waals surface area contributed by atoms with Crippen molar-refractivity contribution in [3.05, 3.63) is 35.9 Å². The van der Waals surface area contributed by atoms with Crippen LogP contribution in [0.25, 0.3) is 0 Å². The second-order valence-electron chi connectivity index (χ2n) is 6.08. The summed E-state index contributed by atoms with van der Waals surface area (Å²) in [4.78, 5) is 24.0. The lowest BCUT2D eigenvalue weighted by Crippen LogP contribution is -2.28. The summed E-state index contributed by atoms with van der Waals surface area (Å²) in [6.07, 6.45) is 3.87. The van der Waals surface area contributed by atoms with Crippen LogP contribution in [0.2, 0.25) is 0 Å². The Morgan fingerprint density at radius 2 is 1.87 bits per heavy atom. The lowest BCUT2D eigenvalue weighted by atomic mass is 10.1. The molecule has 0 amide bonds. The first-order valence-corrected chi connectivity index (χ1v) is 7.64. The molecular weight excluding hydrogens is 296 g/mol. The van der Waals surface area contributed by atoms with Gasteiger partial charge in [0.2, 0.25) is 0 Å². The Morgan fingerprint density at radius 3 is 2.43 bits per heavy atom. The lowest BCUT2D eigenvalue weighted by Gasteiger charge is -2.24. The number of rotatable bonds is 5. The molecule has 1 aliphatic carbocycles. The van der Waals surface area contributed by atoms with E-state index in [1.807, 2.05) is 6.92 Å². The molecule has 1 saturated carbocycles. The molecule has 1 aromatic carbocycles. The molecule has 0 saturated heterocycles. The third-order valence-corrected chi connectivity index (χ3v) is 3.95. The zero-order valence-corrected chi connectivity index (χ0v) is 13.8. The molecule has 5 heteroatoms. The van der Waals surface area contributed by atoms with Gasteiger partial charge in [0.1, 0.15) is 22.7 Å². The minimum Gasteiger partial charge on any atom is -0.496 e. The van der Waals surface area contributed by atoms with E-state index in [9.17, 15) is 9.59 Å². The van der Waals surface area contributed by atoms with Gasteiger partial charge in [-0.3, -0.25) is 0 Å². The van der Waals surface area contributed by atoms with E-state index in [1.165, 1.54) is 19.2 Å². The van der Waals surface area contributed by atoms with Crippen LogP contribution in [0.3, 0.4) is 0 Å². The molecule has 1 aromatic rings. The third-order valence-electron chi connectivity index (χ3n) is 3.95. The predicted octanol–water partition coefficient (Wildman–Crippen LogP) is 3.67. The Balaban J connectivity index is 2.17. The van der Waals surface area contributed by atoms with E-state index in [4.69, 9.17) is 14.2 Å². The van der Waals surface area contributed by atoms with Crippen molar-refractivity contribution in [2.45, 2.75) is 45.1 Å². The minimum atomic E-state index is -0.527. The van der Waals surface area contributed by atoms with E-state index >= 15 is 0 Å². The zero-order valence-electron chi connectivity index (χ0n) is 13.8. The first kappa shape index (κ1) is 17.1. The molecule has 0 unspecified atom stereocenters. The first-order chi connectivity index (χ1) is 10.8. The summed E-state index contributed by atoms with van der Waals surface area (Å²) in [5.41, 5.74) is 0.199. The number of carbonyl (C=O) groups excluding carboxylic acids is 2. The summed E-state index contributed by atoms with van der Waals surface area (Å²) in [6, 6.07) is 4.58. The van der Waals surface area contributed by atoms with Crippen LogP contribution >= 0.6 is 0 Å². The number of hydrogen-bond acceptors (Lipinski definition) is 5. The van der Waals surface area contributed by atoms with Gasteiger partial charge in [0, 0.05) is 11.6 Å². The van der Waals surface area contributed by atoms with Crippen molar-refractivity contribution in [3.8, 4) is 11.5 Å². The van der Waals surface area contributed by atoms with Crippen molar-refractivity contribution >= 4 is 11.9 Å². The SMILES string of the molecule is C=C(C)C(=O)Oc1ccc(C(=O)OC2(C)CCCC2)c(OC)c1. The second-order valence-corrected chi connectivity index (χ2v) is 6.08. The van der Waals surface area contributed by atoms with Crippen LogP contribution < -0.4 is 9.47 Å². The fourth-order valence-electron chi connectivity index (χ4n) is 2.60. The quantitative estimate of drug-likeness (QED) is 0.471. The molecule has 0 aliphatic heterocycles. The molecule has 0 N–H and O–H groups in total. The highest BCUT2D eigenvalue weighted by Crippen LogP contribution is 2.34. The molecule has 124 valence electrons. The van der Waals surface area contributed by atoms with Crippen LogP contribution in [-0.4, -0.2) is 24.6 Å². The molecule has 0 radical (unpaired) electrons. The maximum Gasteiger partial charge on any atom is 0.342 e. The van der Waals surface area contributed by atoms with Gasteiger partial charge in [-0.15, -0.1) is 0 Å². The van der Waals surface area contributed by atoms with Gasteiger partial charge in [0.15, 0.2) is 0 Å². The van der Waals surface area contributed by atoms with Crippen molar-refractivity contribution in [1.29, 1.82) is 0 Å². The van der Waals surface area contributed by atoms with E-state index in [0.29, 0.717) is 22.6 Å². The molecular formula is C18H22O5. The van der Waals surface area contributed by atoms with Crippen molar-refractivity contribution in [2.75, 3.05) is 7.11 Å². The second kappa shape index (κ2) is 6.86. The fraction of sp³-hybridized carbons (Fsp3) is 0.444. The number of ether oxygens (including phenoxy) is 3. The molecule has 1 fully saturated rings. The zero-order chi connectivity index (χ0) is 17.0. The topological polar surface area (TPSA) is 61.8 Å². The van der Waals surface area contributed by atoms with Gasteiger partial charge in [-0.25, -0.2) is 9.59 Å². The first-order valence-electron chi connectivity index (χ1n) is 7.64. The van der Waals surface area contributed by atoms with Crippen LogP contribution in [0.1, 0.15) is 49.9 Å². The Labute approximate surface area is 136 Å². The van der Waals surface area contributed by atoms with Crippen LogP contribution in [0.15, 0.2) is 30.4 Å². The summed E-state index contributed by atoms with van der Waals surface area (Å²) in [7, 11) is 1.45. The standard InChI is InChI=1S/C18H22O5/c1-12(2)16(19)22-13-7-8-14(15(11-13)21-4)17(20)23-18(3)9-5-6-10-18/h7-8,11H,1,5-6,9-10H2,2-4H3. The third kappa shape index (κ3) is 4.12. The highest BCUT2D eigenvalue weighted by molar-refractivity contribution is 5.93. The number of esters is 2. The van der Waals surface area contributed by atoms with E-state index < -0.39 is 17.5 Å². The van der Waals surface area contributed by atoms with Crippen LogP contribution in [0, 0.1) is 0 Å². The summed E-state index contributed by atoms with van der Waals surface area (Å²) in [5.74, 6) is -0.355. The summed E-state index contributed by atoms with van der Waals surface area (Å²) < 4.78 is 16.0. The van der Waals surface area contributed by atoms with Gasteiger partial charge in [0.25, 0.3) is 0 Å². The Morgan fingerprint density at radius 1 is 1.22 bits per heavy atom. The van der Waals surface area contributed by atoms with Gasteiger partial charge >= 0.3 is 11.9 Å². The molecule has 0 heterocycles. The molecule has 0 bridgehead atoms. The maximum atomic E-state index is 12.4. The summed E-state index contributed by atoms with van der Waals surface area (Å²) in [5, 5.41) is 0. The van der Waals surface area contributed by atoms with Gasteiger partial charge in [-0.1, -0.05) is 6.58 Å². The monoisotopic (exact) mass is 318 g/mol. The van der Waals surface area contributed by atoms with Crippen LogP contribution in [0.4, 0.5) is 0 Å². The summed E-state index contributed by atoms with van der Waals surface area (Å²) in [6.45, 7) is 7.04. The highest BCUT2D eigenvalue weighted by atomic mass is 16.6. The molecule has 0 spiro atoms. The van der Waals surface area contributed by atoms with Gasteiger partial charge in [-0.05, 0) is 51.7 Å². The van der Waals surface area contributed by atoms with E-state index in [2.05, 4.69) is 6.58 Å². The fourth-order valence-corrected chi connectivity index (χ4v) is 2.60. The largest absolute Gasteiger partial charge is 0.496 e. The van der Waals surface area contributed by atoms with Gasteiger partial charge < -0.3 is 14.2 Å². The van der Waals surface area contributed by atoms with Gasteiger partial charge in [0.05, 0.1) is 7.11 Å². The van der Waals surface area contributed by atoms with E-state index in [-0.39, 0.29) is 0 Å².